The summed E-state index contributed by atoms with van der Waals surface area (Å²) in [6.45, 7) is 14.7. The normalized spacial score (nSPS) is 15.4. The molecular formula is C11H22O4Si. The van der Waals surface area contributed by atoms with Crippen LogP contribution in [0.5, 0.6) is 0 Å². The van der Waals surface area contributed by atoms with E-state index in [-0.39, 0.29) is 6.29 Å². The lowest BCUT2D eigenvalue weighted by Gasteiger charge is -2.25. The summed E-state index contributed by atoms with van der Waals surface area (Å²) in [5, 5.41) is 0. The van der Waals surface area contributed by atoms with Gasteiger partial charge in [-0.3, -0.25) is 0 Å². The Hall–Kier alpha value is -0.653. The van der Waals surface area contributed by atoms with Gasteiger partial charge in [0, 0.05) is 5.57 Å². The quantitative estimate of drug-likeness (QED) is 0.313. The predicted octanol–water partition coefficient (Wildman–Crippen LogP) is 2.67. The Labute approximate surface area is 98.7 Å². The van der Waals surface area contributed by atoms with Crippen LogP contribution in [0.2, 0.25) is 19.6 Å². The molecule has 5 heteroatoms. The third kappa shape index (κ3) is 7.61. The fourth-order valence-corrected chi connectivity index (χ4v) is 2.13. The van der Waals surface area contributed by atoms with E-state index in [1.54, 1.807) is 20.8 Å². The molecule has 0 amide bonds. The lowest BCUT2D eigenvalue weighted by atomic mass is 10.4. The van der Waals surface area contributed by atoms with Gasteiger partial charge in [0.15, 0.2) is 8.32 Å². The van der Waals surface area contributed by atoms with Crippen molar-refractivity contribution in [1.82, 2.24) is 0 Å². The summed E-state index contributed by atoms with van der Waals surface area (Å²) in [6, 6.07) is 0. The van der Waals surface area contributed by atoms with Crippen molar-refractivity contribution >= 4 is 14.3 Å². The molecule has 2 atom stereocenters. The first-order chi connectivity index (χ1) is 7.11. The first kappa shape index (κ1) is 15.3. The Kier molecular flexibility index (Phi) is 5.92. The molecule has 0 fully saturated rings. The minimum Gasteiger partial charge on any atom is -0.433 e. The van der Waals surface area contributed by atoms with Crippen LogP contribution in [0.25, 0.3) is 0 Å². The molecule has 4 nitrogen and oxygen atoms in total. The van der Waals surface area contributed by atoms with Crippen LogP contribution in [0.15, 0.2) is 12.2 Å². The van der Waals surface area contributed by atoms with Crippen LogP contribution in [0.4, 0.5) is 0 Å². The molecule has 0 aromatic carbocycles. The van der Waals surface area contributed by atoms with Gasteiger partial charge in [0.05, 0.1) is 0 Å². The summed E-state index contributed by atoms with van der Waals surface area (Å²) in [5.74, 6) is -0.451. The topological polar surface area (TPSA) is 44.8 Å². The van der Waals surface area contributed by atoms with Crippen molar-refractivity contribution in [3.63, 3.8) is 0 Å². The van der Waals surface area contributed by atoms with Crippen LogP contribution in [0, 0.1) is 0 Å². The molecule has 0 aromatic heterocycles. The summed E-state index contributed by atoms with van der Waals surface area (Å²) in [4.78, 5) is 11.2. The van der Waals surface area contributed by atoms with E-state index in [1.807, 2.05) is 0 Å². The average molecular weight is 246 g/mol. The molecule has 2 unspecified atom stereocenters. The fraction of sp³-hybridized carbons (Fsp3) is 0.727. The summed E-state index contributed by atoms with van der Waals surface area (Å²) in [5.41, 5.74) is 0.356. The standard InChI is InChI=1S/C11H22O4Si/c1-8(2)11(12)14-9(3)13-10(4)15-16(5,6)7/h9-10H,1H2,2-7H3. The smallest absolute Gasteiger partial charge is 0.335 e. The number of hydrogen-bond donors (Lipinski definition) is 0. The van der Waals surface area contributed by atoms with Crippen LogP contribution in [0.3, 0.4) is 0 Å². The largest absolute Gasteiger partial charge is 0.433 e. The van der Waals surface area contributed by atoms with Gasteiger partial charge in [-0.1, -0.05) is 6.58 Å². The highest BCUT2D eigenvalue weighted by molar-refractivity contribution is 6.69. The predicted molar refractivity (Wildman–Crippen MR) is 65.3 cm³/mol. The first-order valence-corrected chi connectivity index (χ1v) is 8.72. The first-order valence-electron chi connectivity index (χ1n) is 5.31. The Morgan fingerprint density at radius 1 is 1.19 bits per heavy atom. The maximum Gasteiger partial charge on any atom is 0.335 e. The minimum absolute atomic E-state index is 0.356. The molecule has 0 bridgehead atoms. The number of hydrogen-bond acceptors (Lipinski definition) is 4. The number of ether oxygens (including phenoxy) is 2. The molecule has 0 heterocycles. The highest BCUT2D eigenvalue weighted by Gasteiger charge is 2.21. The molecule has 0 saturated heterocycles. The minimum atomic E-state index is -1.63. The van der Waals surface area contributed by atoms with Crippen molar-refractivity contribution in [3.05, 3.63) is 12.2 Å². The summed E-state index contributed by atoms with van der Waals surface area (Å²) < 4.78 is 16.0. The Balaban J connectivity index is 4.01. The molecule has 0 N–H and O–H groups in total. The second kappa shape index (κ2) is 6.17. The van der Waals surface area contributed by atoms with Crippen molar-refractivity contribution in [2.75, 3.05) is 0 Å². The summed E-state index contributed by atoms with van der Waals surface area (Å²) in [7, 11) is -1.63. The van der Waals surface area contributed by atoms with Gasteiger partial charge in [-0.15, -0.1) is 0 Å². The molecule has 94 valence electrons. The van der Waals surface area contributed by atoms with Gasteiger partial charge in [0.1, 0.15) is 6.29 Å². The van der Waals surface area contributed by atoms with Crippen molar-refractivity contribution in [3.8, 4) is 0 Å². The van der Waals surface area contributed by atoms with Crippen LogP contribution in [-0.4, -0.2) is 26.9 Å². The maximum absolute atomic E-state index is 11.2. The van der Waals surface area contributed by atoms with Crippen molar-refractivity contribution in [1.29, 1.82) is 0 Å². The number of esters is 1. The van der Waals surface area contributed by atoms with Gasteiger partial charge in [0.25, 0.3) is 0 Å². The average Bonchev–Trinajstić information content (AvgIpc) is 1.98. The zero-order chi connectivity index (χ0) is 12.9. The van der Waals surface area contributed by atoms with Gasteiger partial charge < -0.3 is 13.9 Å². The van der Waals surface area contributed by atoms with E-state index >= 15 is 0 Å². The van der Waals surface area contributed by atoms with E-state index in [9.17, 15) is 4.79 Å². The zero-order valence-corrected chi connectivity index (χ0v) is 12.0. The van der Waals surface area contributed by atoms with Gasteiger partial charge in [0.2, 0.25) is 6.29 Å². The highest BCUT2D eigenvalue weighted by Crippen LogP contribution is 2.10. The highest BCUT2D eigenvalue weighted by atomic mass is 28.4. The summed E-state index contributed by atoms with van der Waals surface area (Å²) in [6.07, 6.45) is -1.00. The lowest BCUT2D eigenvalue weighted by molar-refractivity contribution is -0.207. The molecule has 0 aromatic rings. The van der Waals surface area contributed by atoms with Crippen LogP contribution in [-0.2, 0) is 18.7 Å². The number of rotatable bonds is 6. The molecule has 16 heavy (non-hydrogen) atoms. The van der Waals surface area contributed by atoms with Crippen molar-refractivity contribution in [2.24, 2.45) is 0 Å². The van der Waals surface area contributed by atoms with Gasteiger partial charge >= 0.3 is 5.97 Å². The van der Waals surface area contributed by atoms with E-state index in [4.69, 9.17) is 13.9 Å². The van der Waals surface area contributed by atoms with Crippen molar-refractivity contribution in [2.45, 2.75) is 53.0 Å². The van der Waals surface area contributed by atoms with E-state index in [2.05, 4.69) is 26.2 Å². The van der Waals surface area contributed by atoms with Crippen molar-refractivity contribution < 1.29 is 18.7 Å². The SMILES string of the molecule is C=C(C)C(=O)OC(C)OC(C)O[Si](C)(C)C. The van der Waals surface area contributed by atoms with Crippen LogP contribution < -0.4 is 0 Å². The van der Waals surface area contributed by atoms with E-state index in [0.29, 0.717) is 5.57 Å². The second-order valence-electron chi connectivity index (χ2n) is 4.69. The monoisotopic (exact) mass is 246 g/mol. The Morgan fingerprint density at radius 3 is 2.06 bits per heavy atom. The third-order valence-corrected chi connectivity index (χ3v) is 2.56. The maximum atomic E-state index is 11.2. The molecule has 0 aliphatic carbocycles. The summed E-state index contributed by atoms with van der Waals surface area (Å²) >= 11 is 0. The molecule has 0 aliphatic heterocycles. The van der Waals surface area contributed by atoms with Gasteiger partial charge in [-0.2, -0.15) is 0 Å². The number of carbonyl (C=O) groups is 1. The van der Waals surface area contributed by atoms with E-state index in [0.717, 1.165) is 0 Å². The van der Waals surface area contributed by atoms with Crippen LogP contribution in [0.1, 0.15) is 20.8 Å². The zero-order valence-electron chi connectivity index (χ0n) is 11.0. The Bertz CT molecular complexity index is 257. The second-order valence-corrected chi connectivity index (χ2v) is 9.15. The molecule has 0 saturated carbocycles. The van der Waals surface area contributed by atoms with Gasteiger partial charge in [-0.25, -0.2) is 4.79 Å². The van der Waals surface area contributed by atoms with Crippen LogP contribution >= 0.6 is 0 Å². The third-order valence-electron chi connectivity index (χ3n) is 1.52. The molecule has 0 aliphatic rings. The fourth-order valence-electron chi connectivity index (χ4n) is 1.07. The molecule has 0 spiro atoms. The Morgan fingerprint density at radius 2 is 1.69 bits per heavy atom. The van der Waals surface area contributed by atoms with E-state index < -0.39 is 20.6 Å². The van der Waals surface area contributed by atoms with E-state index in [1.165, 1.54) is 0 Å². The molecule has 0 rings (SSSR count). The molecule has 0 radical (unpaired) electrons. The lowest BCUT2D eigenvalue weighted by Crippen LogP contribution is -2.34. The van der Waals surface area contributed by atoms with Gasteiger partial charge in [-0.05, 0) is 40.4 Å². The number of carbonyl (C=O) groups excluding carboxylic acids is 1. The molecular weight excluding hydrogens is 224 g/mol.